The van der Waals surface area contributed by atoms with Crippen LogP contribution in [-0.2, 0) is 22.7 Å². The number of hydrogen-bond donors (Lipinski definition) is 2. The Morgan fingerprint density at radius 1 is 0.974 bits per heavy atom. The van der Waals surface area contributed by atoms with E-state index in [1.807, 2.05) is 0 Å². The standard InChI is InChI=1S/C26H20Cl2N4O6/c1-38-21-11-10-19(32(36)37)12-20(21)30-24(33)17-6-2-15(3-7-17)13-29-23-22(28)25(34)31(26(23)35)14-16-4-8-18(27)9-5-16/h2-12,29H,13-14H2,1H3,(H,30,33). The number of benzene rings is 3. The Labute approximate surface area is 226 Å². The molecule has 0 aliphatic carbocycles. The summed E-state index contributed by atoms with van der Waals surface area (Å²) < 4.78 is 5.17. The van der Waals surface area contributed by atoms with E-state index in [1.54, 1.807) is 48.5 Å². The van der Waals surface area contributed by atoms with Crippen LogP contribution in [0.15, 0.2) is 77.5 Å². The maximum Gasteiger partial charge on any atom is 0.278 e. The number of rotatable bonds is 9. The number of amides is 3. The van der Waals surface area contributed by atoms with Crippen molar-refractivity contribution in [3.8, 4) is 5.75 Å². The number of imide groups is 1. The van der Waals surface area contributed by atoms with Gasteiger partial charge in [-0.15, -0.1) is 0 Å². The van der Waals surface area contributed by atoms with Gasteiger partial charge in [0.1, 0.15) is 16.5 Å². The van der Waals surface area contributed by atoms with E-state index in [9.17, 15) is 24.5 Å². The van der Waals surface area contributed by atoms with Crippen molar-refractivity contribution in [1.82, 2.24) is 10.2 Å². The fourth-order valence-corrected chi connectivity index (χ4v) is 4.06. The van der Waals surface area contributed by atoms with E-state index in [0.29, 0.717) is 16.1 Å². The quantitative estimate of drug-likeness (QED) is 0.224. The third-order valence-electron chi connectivity index (χ3n) is 5.69. The van der Waals surface area contributed by atoms with Crippen molar-refractivity contribution in [2.24, 2.45) is 0 Å². The van der Waals surface area contributed by atoms with Gasteiger partial charge in [-0.25, -0.2) is 0 Å². The summed E-state index contributed by atoms with van der Waals surface area (Å²) in [5.74, 6) is -1.37. The first-order chi connectivity index (χ1) is 18.2. The Balaban J connectivity index is 1.39. The van der Waals surface area contributed by atoms with Crippen molar-refractivity contribution in [2.75, 3.05) is 12.4 Å². The van der Waals surface area contributed by atoms with Gasteiger partial charge >= 0.3 is 0 Å². The minimum absolute atomic E-state index is 0.00906. The predicted octanol–water partition coefficient (Wildman–Crippen LogP) is 4.62. The van der Waals surface area contributed by atoms with Crippen LogP contribution >= 0.6 is 23.2 Å². The van der Waals surface area contributed by atoms with Gasteiger partial charge in [-0.2, -0.15) is 0 Å². The zero-order valence-corrected chi connectivity index (χ0v) is 21.4. The Kier molecular flexibility index (Phi) is 7.94. The van der Waals surface area contributed by atoms with Crippen LogP contribution in [0.3, 0.4) is 0 Å². The normalized spacial score (nSPS) is 13.1. The van der Waals surface area contributed by atoms with E-state index in [1.165, 1.54) is 25.3 Å². The molecular weight excluding hydrogens is 535 g/mol. The number of nitrogens with zero attached hydrogens (tertiary/aromatic N) is 2. The zero-order chi connectivity index (χ0) is 27.4. The molecule has 0 saturated heterocycles. The molecule has 0 spiro atoms. The lowest BCUT2D eigenvalue weighted by atomic mass is 10.1. The molecule has 0 aromatic heterocycles. The topological polar surface area (TPSA) is 131 Å². The zero-order valence-electron chi connectivity index (χ0n) is 19.9. The lowest BCUT2D eigenvalue weighted by Gasteiger charge is -2.15. The number of carbonyl (C=O) groups excluding carboxylic acids is 3. The number of nitro groups is 1. The van der Waals surface area contributed by atoms with Gasteiger partial charge in [0, 0.05) is 29.3 Å². The summed E-state index contributed by atoms with van der Waals surface area (Å²) in [6, 6.07) is 17.1. The van der Waals surface area contributed by atoms with Gasteiger partial charge in [0.2, 0.25) is 0 Å². The van der Waals surface area contributed by atoms with Crippen molar-refractivity contribution in [3.63, 3.8) is 0 Å². The van der Waals surface area contributed by atoms with Crippen molar-refractivity contribution in [2.45, 2.75) is 13.1 Å². The summed E-state index contributed by atoms with van der Waals surface area (Å²) in [5.41, 5.74) is 1.68. The molecular formula is C26H20Cl2N4O6. The van der Waals surface area contributed by atoms with Crippen molar-refractivity contribution < 1.29 is 24.0 Å². The molecule has 12 heteroatoms. The first-order valence-electron chi connectivity index (χ1n) is 11.1. The molecule has 10 nitrogen and oxygen atoms in total. The van der Waals surface area contributed by atoms with Gasteiger partial charge in [0.15, 0.2) is 0 Å². The average molecular weight is 555 g/mol. The number of anilines is 1. The largest absolute Gasteiger partial charge is 0.495 e. The summed E-state index contributed by atoms with van der Waals surface area (Å²) in [6.07, 6.45) is 0. The molecule has 0 fully saturated rings. The smallest absolute Gasteiger partial charge is 0.278 e. The highest BCUT2D eigenvalue weighted by atomic mass is 35.5. The van der Waals surface area contributed by atoms with E-state index in [0.717, 1.165) is 10.5 Å². The van der Waals surface area contributed by atoms with Crippen LogP contribution in [0.2, 0.25) is 5.02 Å². The Morgan fingerprint density at radius 2 is 1.63 bits per heavy atom. The molecule has 3 aromatic rings. The monoisotopic (exact) mass is 554 g/mol. The number of non-ortho nitro benzene ring substituents is 1. The fourth-order valence-electron chi connectivity index (χ4n) is 3.68. The van der Waals surface area contributed by atoms with E-state index < -0.39 is 22.6 Å². The van der Waals surface area contributed by atoms with Crippen LogP contribution in [0.1, 0.15) is 21.5 Å². The molecule has 3 aromatic carbocycles. The molecule has 0 radical (unpaired) electrons. The molecule has 1 heterocycles. The third kappa shape index (κ3) is 5.77. The molecule has 1 aliphatic rings. The van der Waals surface area contributed by atoms with Gasteiger partial charge in [-0.3, -0.25) is 29.4 Å². The van der Waals surface area contributed by atoms with Crippen LogP contribution in [0.4, 0.5) is 11.4 Å². The van der Waals surface area contributed by atoms with Crippen molar-refractivity contribution in [3.05, 3.63) is 109 Å². The van der Waals surface area contributed by atoms with Crippen molar-refractivity contribution >= 4 is 52.3 Å². The van der Waals surface area contributed by atoms with Crippen LogP contribution in [0.25, 0.3) is 0 Å². The van der Waals surface area contributed by atoms with Gasteiger partial charge in [-0.1, -0.05) is 47.5 Å². The van der Waals surface area contributed by atoms with Gasteiger partial charge in [-0.05, 0) is 41.5 Å². The maximum absolute atomic E-state index is 12.8. The third-order valence-corrected chi connectivity index (χ3v) is 6.30. The number of carbonyl (C=O) groups is 3. The number of hydrogen-bond acceptors (Lipinski definition) is 7. The molecule has 194 valence electrons. The molecule has 38 heavy (non-hydrogen) atoms. The number of halogens is 2. The highest BCUT2D eigenvalue weighted by Gasteiger charge is 2.37. The van der Waals surface area contributed by atoms with Crippen LogP contribution in [0.5, 0.6) is 5.75 Å². The van der Waals surface area contributed by atoms with Gasteiger partial charge < -0.3 is 15.4 Å². The summed E-state index contributed by atoms with van der Waals surface area (Å²) >= 11 is 12.0. The second-order valence-corrected chi connectivity index (χ2v) is 8.97. The number of ether oxygens (including phenoxy) is 1. The predicted molar refractivity (Wildman–Crippen MR) is 141 cm³/mol. The van der Waals surface area contributed by atoms with E-state index in [4.69, 9.17) is 27.9 Å². The summed E-state index contributed by atoms with van der Waals surface area (Å²) in [6.45, 7) is 0.218. The first kappa shape index (κ1) is 26.6. The van der Waals surface area contributed by atoms with Crippen LogP contribution in [0, 0.1) is 10.1 Å². The van der Waals surface area contributed by atoms with E-state index in [-0.39, 0.29) is 40.9 Å². The number of nitrogens with one attached hydrogen (secondary N) is 2. The molecule has 2 N–H and O–H groups in total. The summed E-state index contributed by atoms with van der Waals surface area (Å²) in [4.78, 5) is 49.6. The molecule has 0 saturated carbocycles. The maximum atomic E-state index is 12.8. The SMILES string of the molecule is COc1ccc([N+](=O)[O-])cc1NC(=O)c1ccc(CNC2=C(Cl)C(=O)N(Cc3ccc(Cl)cc3)C2=O)cc1. The molecule has 4 rings (SSSR count). The average Bonchev–Trinajstić information content (AvgIpc) is 3.11. The Bertz CT molecular complexity index is 1460. The summed E-state index contributed by atoms with van der Waals surface area (Å²) in [7, 11) is 1.39. The highest BCUT2D eigenvalue weighted by molar-refractivity contribution is 6.47. The second kappa shape index (κ2) is 11.3. The Morgan fingerprint density at radius 3 is 2.26 bits per heavy atom. The minimum Gasteiger partial charge on any atom is -0.495 e. The van der Waals surface area contributed by atoms with Crippen LogP contribution in [-0.4, -0.2) is 34.7 Å². The molecule has 0 bridgehead atoms. The Hall–Kier alpha value is -4.41. The lowest BCUT2D eigenvalue weighted by molar-refractivity contribution is -0.384. The number of methoxy groups -OCH3 is 1. The lowest BCUT2D eigenvalue weighted by Crippen LogP contribution is -2.33. The minimum atomic E-state index is -0.599. The molecule has 0 atom stereocenters. The molecule has 3 amide bonds. The van der Waals surface area contributed by atoms with E-state index in [2.05, 4.69) is 10.6 Å². The number of nitro benzene ring substituents is 1. The van der Waals surface area contributed by atoms with E-state index >= 15 is 0 Å². The molecule has 0 unspecified atom stereocenters. The van der Waals surface area contributed by atoms with Gasteiger partial charge in [0.25, 0.3) is 23.4 Å². The highest BCUT2D eigenvalue weighted by Crippen LogP contribution is 2.29. The second-order valence-electron chi connectivity index (χ2n) is 8.16. The first-order valence-corrected chi connectivity index (χ1v) is 11.9. The van der Waals surface area contributed by atoms with Crippen LogP contribution < -0.4 is 15.4 Å². The van der Waals surface area contributed by atoms with Gasteiger partial charge in [0.05, 0.1) is 24.3 Å². The summed E-state index contributed by atoms with van der Waals surface area (Å²) in [5, 5.41) is 16.9. The fraction of sp³-hybridized carbons (Fsp3) is 0.115. The van der Waals surface area contributed by atoms with Crippen molar-refractivity contribution in [1.29, 1.82) is 0 Å². The molecule has 1 aliphatic heterocycles.